The summed E-state index contributed by atoms with van der Waals surface area (Å²) in [6, 6.07) is 4.96. The molecule has 0 saturated carbocycles. The van der Waals surface area contributed by atoms with Gasteiger partial charge in [0.25, 0.3) is 5.91 Å². The number of hydrogen-bond donors (Lipinski definition) is 2. The Labute approximate surface area is 192 Å². The molecule has 0 saturated heterocycles. The molecule has 2 heterocycles. The molecule has 0 unspecified atom stereocenters. The van der Waals surface area contributed by atoms with E-state index in [0.29, 0.717) is 48.8 Å². The highest BCUT2D eigenvalue weighted by Gasteiger charge is 2.20. The quantitative estimate of drug-likeness (QED) is 0.710. The zero-order valence-electron chi connectivity index (χ0n) is 19.2. The number of aromatic nitrogens is 1. The summed E-state index contributed by atoms with van der Waals surface area (Å²) in [5.41, 5.74) is 2.06. The first-order valence-electron chi connectivity index (χ1n) is 10.9. The molecule has 0 bridgehead atoms. The van der Waals surface area contributed by atoms with Crippen molar-refractivity contribution < 1.29 is 28.4 Å². The number of nitrogens with zero attached hydrogens (tertiary/aromatic N) is 2. The van der Waals surface area contributed by atoms with E-state index in [1.54, 1.807) is 18.2 Å². The lowest BCUT2D eigenvalue weighted by Crippen LogP contribution is -2.43. The molecular weight excluding hydrogens is 428 g/mol. The van der Waals surface area contributed by atoms with Crippen molar-refractivity contribution in [3.8, 4) is 11.5 Å². The van der Waals surface area contributed by atoms with Crippen molar-refractivity contribution in [1.29, 1.82) is 0 Å². The molecule has 10 heteroatoms. The van der Waals surface area contributed by atoms with Crippen LogP contribution in [0.5, 0.6) is 11.5 Å². The molecule has 2 N–H and O–H groups in total. The number of carbonyl (C=O) groups excluding carboxylic acids is 3. The number of carbonyl (C=O) groups is 3. The molecule has 3 amide bonds. The summed E-state index contributed by atoms with van der Waals surface area (Å²) in [4.78, 5) is 39.5. The predicted molar refractivity (Wildman–Crippen MR) is 119 cm³/mol. The Bertz CT molecular complexity index is 983. The number of methoxy groups -OCH3 is 1. The third-order valence-electron chi connectivity index (χ3n) is 5.46. The lowest BCUT2D eigenvalue weighted by Gasteiger charge is -2.23. The number of fused-ring (bicyclic) bond motifs is 1. The second kappa shape index (κ2) is 11.3. The smallest absolute Gasteiger partial charge is 0.255 e. The Hall–Kier alpha value is -3.56. The van der Waals surface area contributed by atoms with Crippen LogP contribution in [-0.4, -0.2) is 67.7 Å². The maximum absolute atomic E-state index is 12.9. The molecule has 1 aromatic carbocycles. The summed E-state index contributed by atoms with van der Waals surface area (Å²) in [5.74, 6) is 0.963. The van der Waals surface area contributed by atoms with Crippen molar-refractivity contribution in [2.24, 2.45) is 0 Å². The molecule has 1 aliphatic heterocycles. The van der Waals surface area contributed by atoms with Crippen molar-refractivity contribution in [3.63, 3.8) is 0 Å². The topological polar surface area (TPSA) is 123 Å². The fourth-order valence-corrected chi connectivity index (χ4v) is 3.63. The van der Waals surface area contributed by atoms with Gasteiger partial charge in [-0.05, 0) is 38.8 Å². The summed E-state index contributed by atoms with van der Waals surface area (Å²) in [7, 11) is 1.53. The van der Waals surface area contributed by atoms with E-state index in [9.17, 15) is 14.4 Å². The first kappa shape index (κ1) is 24.1. The molecule has 10 nitrogen and oxygen atoms in total. The van der Waals surface area contributed by atoms with E-state index in [1.165, 1.54) is 12.0 Å². The van der Waals surface area contributed by atoms with E-state index in [-0.39, 0.29) is 43.8 Å². The number of rotatable bonds is 4. The SMILES string of the molecule is COc1ccc2c(c1)OCCNC(=O)CN(C(=O)CCc1c(C)noc1C)CCCNC2=O. The molecular formula is C23H30N4O6. The van der Waals surface area contributed by atoms with E-state index in [2.05, 4.69) is 15.8 Å². The Balaban J connectivity index is 1.65. The van der Waals surface area contributed by atoms with Gasteiger partial charge in [0, 0.05) is 31.1 Å². The number of ether oxygens (including phenoxy) is 2. The van der Waals surface area contributed by atoms with Crippen LogP contribution in [0.4, 0.5) is 0 Å². The zero-order valence-corrected chi connectivity index (χ0v) is 19.2. The van der Waals surface area contributed by atoms with Crippen LogP contribution in [0.1, 0.15) is 40.2 Å². The highest BCUT2D eigenvalue weighted by Crippen LogP contribution is 2.25. The summed E-state index contributed by atoms with van der Waals surface area (Å²) in [6.45, 7) is 4.69. The standard InChI is InChI=1S/C23H30N4O6/c1-15-18(16(2)33-26-15)7-8-22(29)27-11-4-9-25-23(30)19-6-5-17(31-3)13-20(19)32-12-10-24-21(28)14-27/h5-6,13H,4,7-12,14H2,1-3H3,(H,24,28)(H,25,30). The van der Waals surface area contributed by atoms with Gasteiger partial charge < -0.3 is 29.5 Å². The Kier molecular flexibility index (Phi) is 8.28. The molecule has 2 aromatic rings. The van der Waals surface area contributed by atoms with Crippen LogP contribution in [0.3, 0.4) is 0 Å². The van der Waals surface area contributed by atoms with E-state index in [1.807, 2.05) is 13.8 Å². The minimum atomic E-state index is -0.273. The highest BCUT2D eigenvalue weighted by atomic mass is 16.5. The molecule has 0 fully saturated rings. The number of amides is 3. The van der Waals surface area contributed by atoms with Gasteiger partial charge in [0.15, 0.2) is 0 Å². The summed E-state index contributed by atoms with van der Waals surface area (Å²) < 4.78 is 16.1. The summed E-state index contributed by atoms with van der Waals surface area (Å²) in [5, 5.41) is 9.53. The molecule has 178 valence electrons. The molecule has 0 aliphatic carbocycles. The average molecular weight is 459 g/mol. The lowest BCUT2D eigenvalue weighted by atomic mass is 10.1. The fraction of sp³-hybridized carbons (Fsp3) is 0.478. The monoisotopic (exact) mass is 458 g/mol. The Morgan fingerprint density at radius 1 is 1.21 bits per heavy atom. The van der Waals surface area contributed by atoms with Crippen LogP contribution in [0.2, 0.25) is 0 Å². The molecule has 1 aliphatic rings. The van der Waals surface area contributed by atoms with Crippen LogP contribution in [0.15, 0.2) is 22.7 Å². The third-order valence-corrected chi connectivity index (χ3v) is 5.46. The number of aryl methyl sites for hydroxylation is 2. The number of nitrogens with one attached hydrogen (secondary N) is 2. The largest absolute Gasteiger partial charge is 0.497 e. The van der Waals surface area contributed by atoms with Crippen LogP contribution in [-0.2, 0) is 16.0 Å². The molecule has 0 spiro atoms. The number of benzene rings is 1. The van der Waals surface area contributed by atoms with Gasteiger partial charge in [0.1, 0.15) is 23.9 Å². The van der Waals surface area contributed by atoms with Gasteiger partial charge in [0.2, 0.25) is 11.8 Å². The van der Waals surface area contributed by atoms with E-state index < -0.39 is 0 Å². The van der Waals surface area contributed by atoms with Crippen molar-refractivity contribution in [2.75, 3.05) is 39.9 Å². The van der Waals surface area contributed by atoms with Crippen molar-refractivity contribution in [2.45, 2.75) is 33.1 Å². The normalized spacial score (nSPS) is 15.5. The molecule has 0 atom stereocenters. The minimum Gasteiger partial charge on any atom is -0.497 e. The minimum absolute atomic E-state index is 0.0568. The van der Waals surface area contributed by atoms with Gasteiger partial charge in [-0.25, -0.2) is 0 Å². The van der Waals surface area contributed by atoms with Crippen molar-refractivity contribution in [1.82, 2.24) is 20.7 Å². The highest BCUT2D eigenvalue weighted by molar-refractivity contribution is 5.97. The van der Waals surface area contributed by atoms with Crippen molar-refractivity contribution in [3.05, 3.63) is 40.8 Å². The lowest BCUT2D eigenvalue weighted by molar-refractivity contribution is -0.136. The molecule has 33 heavy (non-hydrogen) atoms. The fourth-order valence-electron chi connectivity index (χ4n) is 3.63. The Morgan fingerprint density at radius 3 is 2.76 bits per heavy atom. The first-order valence-corrected chi connectivity index (χ1v) is 10.9. The van der Waals surface area contributed by atoms with Crippen molar-refractivity contribution >= 4 is 17.7 Å². The maximum Gasteiger partial charge on any atom is 0.255 e. The maximum atomic E-state index is 12.9. The third kappa shape index (κ3) is 6.47. The average Bonchev–Trinajstić information content (AvgIpc) is 3.13. The van der Waals surface area contributed by atoms with E-state index in [4.69, 9.17) is 14.0 Å². The van der Waals surface area contributed by atoms with Gasteiger partial charge in [-0.3, -0.25) is 14.4 Å². The van der Waals surface area contributed by atoms with Gasteiger partial charge in [-0.2, -0.15) is 0 Å². The summed E-state index contributed by atoms with van der Waals surface area (Å²) in [6.07, 6.45) is 1.23. The van der Waals surface area contributed by atoms with Gasteiger partial charge >= 0.3 is 0 Å². The van der Waals surface area contributed by atoms with Crippen LogP contribution in [0, 0.1) is 13.8 Å². The predicted octanol–water partition coefficient (Wildman–Crippen LogP) is 1.39. The second-order valence-electron chi connectivity index (χ2n) is 7.79. The zero-order chi connectivity index (χ0) is 23.8. The molecule has 1 aromatic heterocycles. The van der Waals surface area contributed by atoms with Gasteiger partial charge in [-0.1, -0.05) is 5.16 Å². The second-order valence-corrected chi connectivity index (χ2v) is 7.79. The van der Waals surface area contributed by atoms with Crippen LogP contribution >= 0.6 is 0 Å². The van der Waals surface area contributed by atoms with Crippen LogP contribution < -0.4 is 20.1 Å². The first-order chi connectivity index (χ1) is 15.9. The summed E-state index contributed by atoms with van der Waals surface area (Å²) >= 11 is 0. The van der Waals surface area contributed by atoms with E-state index >= 15 is 0 Å². The number of hydrogen-bond acceptors (Lipinski definition) is 7. The van der Waals surface area contributed by atoms with Gasteiger partial charge in [-0.15, -0.1) is 0 Å². The molecule has 0 radical (unpaired) electrons. The molecule has 3 rings (SSSR count). The Morgan fingerprint density at radius 2 is 2.03 bits per heavy atom. The van der Waals surface area contributed by atoms with Gasteiger partial charge in [0.05, 0.1) is 31.5 Å². The van der Waals surface area contributed by atoms with Crippen LogP contribution in [0.25, 0.3) is 0 Å². The van der Waals surface area contributed by atoms with E-state index in [0.717, 1.165) is 11.3 Å².